The predicted molar refractivity (Wildman–Crippen MR) is 140 cm³/mol. The Morgan fingerprint density at radius 1 is 1.14 bits per heavy atom. The number of benzene rings is 2. The van der Waals surface area contributed by atoms with E-state index < -0.39 is 28.5 Å². The van der Waals surface area contributed by atoms with E-state index in [1.54, 1.807) is 29.2 Å². The summed E-state index contributed by atoms with van der Waals surface area (Å²) >= 11 is 18.2. The van der Waals surface area contributed by atoms with Gasteiger partial charge in [0.2, 0.25) is 27.6 Å². The average molecular weight is 588 g/mol. The summed E-state index contributed by atoms with van der Waals surface area (Å²) in [7, 11) is -2.70. The molecule has 0 saturated carbocycles. The van der Waals surface area contributed by atoms with E-state index in [0.717, 1.165) is 22.7 Å². The molecule has 1 aromatic heterocycles. The second-order valence-electron chi connectivity index (χ2n) is 8.47. The van der Waals surface area contributed by atoms with Crippen molar-refractivity contribution in [2.75, 3.05) is 33.4 Å². The molecule has 1 amide bonds. The van der Waals surface area contributed by atoms with Crippen molar-refractivity contribution in [3.63, 3.8) is 0 Å². The van der Waals surface area contributed by atoms with Gasteiger partial charge in [-0.3, -0.25) is 4.79 Å². The van der Waals surface area contributed by atoms with Crippen molar-refractivity contribution in [2.24, 2.45) is 0 Å². The van der Waals surface area contributed by atoms with E-state index in [1.165, 1.54) is 25.3 Å². The smallest absolute Gasteiger partial charge is 0.249 e. The van der Waals surface area contributed by atoms with Crippen molar-refractivity contribution in [2.45, 2.75) is 30.2 Å². The number of halogens is 3. The molecule has 1 fully saturated rings. The van der Waals surface area contributed by atoms with Crippen LogP contribution in [-0.2, 0) is 19.6 Å². The molecule has 4 rings (SSSR count). The van der Waals surface area contributed by atoms with E-state index in [1.807, 2.05) is 0 Å². The summed E-state index contributed by atoms with van der Waals surface area (Å²) in [5.74, 6) is 0.278. The minimum Gasteiger partial charge on any atom is -0.383 e. The number of sulfonamides is 1. The van der Waals surface area contributed by atoms with E-state index in [2.05, 4.69) is 10.1 Å². The van der Waals surface area contributed by atoms with Crippen LogP contribution in [0, 0.1) is 0 Å². The quantitative estimate of drug-likeness (QED) is 0.343. The third-order valence-corrected chi connectivity index (χ3v) is 8.83. The minimum atomic E-state index is -4.15. The van der Waals surface area contributed by atoms with Crippen molar-refractivity contribution < 1.29 is 22.5 Å². The number of nitrogens with zero attached hydrogens (tertiary/aromatic N) is 4. The van der Waals surface area contributed by atoms with Gasteiger partial charge in [-0.2, -0.15) is 9.29 Å². The number of hydrogen-bond donors (Lipinski definition) is 0. The normalized spacial score (nSPS) is 16.4. The summed E-state index contributed by atoms with van der Waals surface area (Å²) in [6.07, 6.45) is 2.24. The van der Waals surface area contributed by atoms with Gasteiger partial charge in [-0.05, 0) is 61.7 Å². The SMILES string of the molecule is COCCN(CC(=O)N1CCCCC1c1nc(-c2ccc(Cl)cc2)no1)S(=O)(=O)c1cc(Cl)ccc1Cl. The molecule has 1 aliphatic heterocycles. The molecule has 0 N–H and O–H groups in total. The molecule has 1 saturated heterocycles. The number of likely N-dealkylation sites (tertiary alicyclic amines) is 1. The number of amides is 1. The zero-order valence-corrected chi connectivity index (χ0v) is 23.0. The Bertz CT molecular complexity index is 1350. The van der Waals surface area contributed by atoms with Crippen LogP contribution in [0.1, 0.15) is 31.2 Å². The Kier molecular flexibility index (Phi) is 9.10. The lowest BCUT2D eigenvalue weighted by molar-refractivity contribution is -0.136. The summed E-state index contributed by atoms with van der Waals surface area (Å²) in [6.45, 7) is 0.0525. The topological polar surface area (TPSA) is 106 Å². The van der Waals surface area contributed by atoms with Crippen molar-refractivity contribution in [3.8, 4) is 11.4 Å². The van der Waals surface area contributed by atoms with Crippen LogP contribution >= 0.6 is 34.8 Å². The first-order valence-corrected chi connectivity index (χ1v) is 14.1. The zero-order chi connectivity index (χ0) is 26.6. The first-order valence-electron chi connectivity index (χ1n) is 11.5. The highest BCUT2D eigenvalue weighted by Crippen LogP contribution is 2.33. The second kappa shape index (κ2) is 12.1. The minimum absolute atomic E-state index is 0.00991. The van der Waals surface area contributed by atoms with Gasteiger partial charge >= 0.3 is 0 Å². The van der Waals surface area contributed by atoms with Crippen LogP contribution in [0.2, 0.25) is 15.1 Å². The second-order valence-corrected chi connectivity index (χ2v) is 11.7. The number of methoxy groups -OCH3 is 1. The number of rotatable bonds is 9. The lowest BCUT2D eigenvalue weighted by Crippen LogP contribution is -2.46. The Morgan fingerprint density at radius 2 is 1.86 bits per heavy atom. The first-order chi connectivity index (χ1) is 17.7. The van der Waals surface area contributed by atoms with Crippen molar-refractivity contribution in [1.82, 2.24) is 19.3 Å². The molecule has 2 aromatic carbocycles. The van der Waals surface area contributed by atoms with Gasteiger partial charge in [-0.25, -0.2) is 8.42 Å². The fourth-order valence-electron chi connectivity index (χ4n) is 4.11. The number of aromatic nitrogens is 2. The molecule has 13 heteroatoms. The highest BCUT2D eigenvalue weighted by atomic mass is 35.5. The maximum Gasteiger partial charge on any atom is 0.249 e. The van der Waals surface area contributed by atoms with Crippen LogP contribution in [0.25, 0.3) is 11.4 Å². The molecule has 37 heavy (non-hydrogen) atoms. The van der Waals surface area contributed by atoms with Gasteiger partial charge in [0.25, 0.3) is 0 Å². The van der Waals surface area contributed by atoms with Gasteiger partial charge in [-0.1, -0.05) is 40.0 Å². The Hall–Kier alpha value is -2.21. The fraction of sp³-hybridized carbons (Fsp3) is 0.375. The number of ether oxygens (including phenoxy) is 1. The molecule has 0 bridgehead atoms. The Balaban J connectivity index is 1.58. The fourth-order valence-corrected chi connectivity index (χ4v) is 6.34. The highest BCUT2D eigenvalue weighted by molar-refractivity contribution is 7.89. The van der Waals surface area contributed by atoms with Gasteiger partial charge in [0.15, 0.2) is 0 Å². The van der Waals surface area contributed by atoms with E-state index in [0.29, 0.717) is 29.7 Å². The van der Waals surface area contributed by atoms with Gasteiger partial charge in [0.1, 0.15) is 10.9 Å². The Morgan fingerprint density at radius 3 is 2.59 bits per heavy atom. The van der Waals surface area contributed by atoms with E-state index in [-0.39, 0.29) is 28.1 Å². The molecule has 1 atom stereocenters. The standard InChI is InChI=1S/C24H25Cl3N4O5S/c1-35-13-12-30(37(33,34)21-14-18(26)9-10-19(21)27)15-22(32)31-11-3-2-4-20(31)24-28-23(29-36-24)16-5-7-17(25)8-6-16/h5-10,14,20H,2-4,11-13,15H2,1H3. The molecule has 3 aromatic rings. The number of piperidine rings is 1. The van der Waals surface area contributed by atoms with E-state index in [9.17, 15) is 13.2 Å². The molecule has 2 heterocycles. The molecule has 198 valence electrons. The number of carbonyl (C=O) groups excluding carboxylic acids is 1. The first kappa shape index (κ1) is 27.8. The molecule has 0 radical (unpaired) electrons. The van der Waals surface area contributed by atoms with Crippen LogP contribution in [0.15, 0.2) is 51.9 Å². The molecule has 0 spiro atoms. The van der Waals surface area contributed by atoms with E-state index in [4.69, 9.17) is 44.1 Å². The third kappa shape index (κ3) is 6.45. The van der Waals surface area contributed by atoms with Crippen LogP contribution in [-0.4, -0.2) is 67.0 Å². The largest absolute Gasteiger partial charge is 0.383 e. The number of carbonyl (C=O) groups is 1. The van der Waals surface area contributed by atoms with Gasteiger partial charge in [0, 0.05) is 35.8 Å². The van der Waals surface area contributed by atoms with Crippen LogP contribution in [0.3, 0.4) is 0 Å². The van der Waals surface area contributed by atoms with Crippen molar-refractivity contribution in [1.29, 1.82) is 0 Å². The third-order valence-electron chi connectivity index (χ3n) is 6.02. The summed E-state index contributed by atoms with van der Waals surface area (Å²) in [5, 5.41) is 4.88. The Labute approximate surface area is 230 Å². The molecular weight excluding hydrogens is 563 g/mol. The maximum absolute atomic E-state index is 13.5. The van der Waals surface area contributed by atoms with E-state index >= 15 is 0 Å². The summed E-state index contributed by atoms with van der Waals surface area (Å²) in [4.78, 5) is 19.4. The van der Waals surface area contributed by atoms with Crippen LogP contribution < -0.4 is 0 Å². The molecule has 0 aliphatic carbocycles. The predicted octanol–water partition coefficient (Wildman–Crippen LogP) is 5.09. The summed E-state index contributed by atoms with van der Waals surface area (Å²) in [6, 6.07) is 10.7. The highest BCUT2D eigenvalue weighted by Gasteiger charge is 2.36. The van der Waals surface area contributed by atoms with Gasteiger partial charge in [-0.15, -0.1) is 0 Å². The van der Waals surface area contributed by atoms with Crippen molar-refractivity contribution >= 4 is 50.7 Å². The van der Waals surface area contributed by atoms with Crippen LogP contribution in [0.5, 0.6) is 0 Å². The molecular formula is C24H25Cl3N4O5S. The van der Waals surface area contributed by atoms with Gasteiger partial charge in [0.05, 0.1) is 18.2 Å². The van der Waals surface area contributed by atoms with Crippen molar-refractivity contribution in [3.05, 3.63) is 63.4 Å². The lowest BCUT2D eigenvalue weighted by atomic mass is 10.0. The molecule has 1 aliphatic rings. The summed E-state index contributed by atoms with van der Waals surface area (Å²) in [5.41, 5.74) is 0.725. The molecule has 9 nitrogen and oxygen atoms in total. The van der Waals surface area contributed by atoms with Gasteiger partial charge < -0.3 is 14.2 Å². The van der Waals surface area contributed by atoms with Crippen LogP contribution in [0.4, 0.5) is 0 Å². The average Bonchev–Trinajstić information content (AvgIpc) is 3.38. The monoisotopic (exact) mass is 586 g/mol. The maximum atomic E-state index is 13.5. The zero-order valence-electron chi connectivity index (χ0n) is 19.9. The summed E-state index contributed by atoms with van der Waals surface area (Å²) < 4.78 is 38.6. The molecule has 1 unspecified atom stereocenters. The lowest BCUT2D eigenvalue weighted by Gasteiger charge is -2.35. The number of hydrogen-bond acceptors (Lipinski definition) is 7.